The van der Waals surface area contributed by atoms with Crippen molar-refractivity contribution in [2.24, 2.45) is 11.8 Å². The third kappa shape index (κ3) is 3.61. The maximum atomic E-state index is 12.1. The maximum Gasteiger partial charge on any atom is 0.224 e. The molecular weight excluding hydrogens is 278 g/mol. The Morgan fingerprint density at radius 1 is 1.25 bits per heavy atom. The second kappa shape index (κ2) is 6.57. The van der Waals surface area contributed by atoms with E-state index in [-0.39, 0.29) is 18.7 Å². The molecule has 4 nitrogen and oxygen atoms in total. The number of rotatable bonds is 4. The number of carbonyl (C=O) groups excluding carboxylic acids is 2. The van der Waals surface area contributed by atoms with Gasteiger partial charge in [0, 0.05) is 23.5 Å². The molecule has 106 valence electrons. The Hall–Kier alpha value is -1.81. The van der Waals surface area contributed by atoms with Gasteiger partial charge in [-0.05, 0) is 18.4 Å². The van der Waals surface area contributed by atoms with Crippen molar-refractivity contribution in [1.82, 2.24) is 5.32 Å². The van der Waals surface area contributed by atoms with Crippen molar-refractivity contribution in [3.63, 3.8) is 0 Å². The summed E-state index contributed by atoms with van der Waals surface area (Å²) in [6.45, 7) is 0.372. The smallest absolute Gasteiger partial charge is 0.224 e. The molecule has 0 bridgehead atoms. The van der Waals surface area contributed by atoms with Gasteiger partial charge in [0.05, 0.1) is 5.92 Å². The molecule has 1 aromatic carbocycles. The van der Waals surface area contributed by atoms with E-state index in [2.05, 4.69) is 5.32 Å². The van der Waals surface area contributed by atoms with Gasteiger partial charge in [-0.3, -0.25) is 4.79 Å². The molecule has 5 heteroatoms. The Labute approximate surface area is 122 Å². The summed E-state index contributed by atoms with van der Waals surface area (Å²) < 4.78 is 0. The molecule has 0 heterocycles. The van der Waals surface area contributed by atoms with E-state index in [1.54, 1.807) is 6.08 Å². The van der Waals surface area contributed by atoms with E-state index in [1.807, 2.05) is 30.3 Å². The van der Waals surface area contributed by atoms with Crippen molar-refractivity contribution in [2.45, 2.75) is 19.4 Å². The monoisotopic (exact) mass is 292 g/mol. The van der Waals surface area contributed by atoms with E-state index >= 15 is 0 Å². The second-order valence-corrected chi connectivity index (χ2v) is 5.31. The summed E-state index contributed by atoms with van der Waals surface area (Å²) in [6, 6.07) is 9.44. The van der Waals surface area contributed by atoms with E-state index < -0.39 is 17.8 Å². The van der Waals surface area contributed by atoms with Crippen molar-refractivity contribution >= 4 is 23.5 Å². The number of allylic oxidation sites excluding steroid dienone is 2. The standard InChI is InChI=1S/C15H16ClNO3/c16-11-6-7-12(15(19)20)13(8-11)14(18)17-9-10-4-2-1-3-5-10/h1-6,12-13H,7-9H2,(H,17,18)(H,19,20)/p-1/t12-,13-/m0/s1. The highest BCUT2D eigenvalue weighted by atomic mass is 35.5. The van der Waals surface area contributed by atoms with Gasteiger partial charge >= 0.3 is 0 Å². The molecule has 0 saturated carbocycles. The van der Waals surface area contributed by atoms with E-state index in [0.29, 0.717) is 11.6 Å². The van der Waals surface area contributed by atoms with Crippen LogP contribution < -0.4 is 10.4 Å². The number of benzene rings is 1. The Morgan fingerprint density at radius 2 is 1.95 bits per heavy atom. The highest BCUT2D eigenvalue weighted by molar-refractivity contribution is 6.29. The van der Waals surface area contributed by atoms with Gasteiger partial charge in [-0.15, -0.1) is 0 Å². The van der Waals surface area contributed by atoms with Crippen LogP contribution in [0.2, 0.25) is 0 Å². The van der Waals surface area contributed by atoms with E-state index in [1.165, 1.54) is 0 Å². The molecule has 2 rings (SSSR count). The zero-order valence-corrected chi connectivity index (χ0v) is 11.6. The molecule has 1 aromatic rings. The van der Waals surface area contributed by atoms with Gasteiger partial charge in [-0.1, -0.05) is 48.0 Å². The third-order valence-corrected chi connectivity index (χ3v) is 3.75. The first-order chi connectivity index (χ1) is 9.58. The Kier molecular flexibility index (Phi) is 4.79. The van der Waals surface area contributed by atoms with Gasteiger partial charge in [0.1, 0.15) is 0 Å². The first-order valence-electron chi connectivity index (χ1n) is 6.45. The van der Waals surface area contributed by atoms with Crippen LogP contribution in [0.1, 0.15) is 18.4 Å². The Bertz CT molecular complexity index is 527. The lowest BCUT2D eigenvalue weighted by Crippen LogP contribution is -2.43. The van der Waals surface area contributed by atoms with Crippen LogP contribution in [0.4, 0.5) is 0 Å². The van der Waals surface area contributed by atoms with Gasteiger partial charge in [0.2, 0.25) is 5.91 Å². The van der Waals surface area contributed by atoms with Crippen molar-refractivity contribution in [2.75, 3.05) is 0 Å². The topological polar surface area (TPSA) is 69.2 Å². The molecule has 0 aliphatic heterocycles. The number of carboxylic acid groups (broad SMARTS) is 1. The second-order valence-electron chi connectivity index (χ2n) is 4.83. The minimum absolute atomic E-state index is 0.241. The molecule has 20 heavy (non-hydrogen) atoms. The fourth-order valence-corrected chi connectivity index (χ4v) is 2.56. The number of carbonyl (C=O) groups is 2. The van der Waals surface area contributed by atoms with Gasteiger partial charge in [0.15, 0.2) is 0 Å². The lowest BCUT2D eigenvalue weighted by molar-refractivity contribution is -0.313. The Morgan fingerprint density at radius 3 is 2.60 bits per heavy atom. The highest BCUT2D eigenvalue weighted by Gasteiger charge is 2.31. The van der Waals surface area contributed by atoms with Gasteiger partial charge < -0.3 is 15.2 Å². The molecule has 2 atom stereocenters. The van der Waals surface area contributed by atoms with E-state index in [0.717, 1.165) is 5.56 Å². The van der Waals surface area contributed by atoms with Crippen molar-refractivity contribution in [1.29, 1.82) is 0 Å². The fraction of sp³-hybridized carbons (Fsp3) is 0.333. The van der Waals surface area contributed by atoms with Crippen LogP contribution in [0, 0.1) is 11.8 Å². The molecule has 1 aliphatic carbocycles. The summed E-state index contributed by atoms with van der Waals surface area (Å²) in [4.78, 5) is 23.2. The minimum Gasteiger partial charge on any atom is -0.550 e. The number of aliphatic carboxylic acids is 1. The largest absolute Gasteiger partial charge is 0.550 e. The quantitative estimate of drug-likeness (QED) is 0.906. The molecule has 0 unspecified atom stereocenters. The molecule has 0 radical (unpaired) electrons. The summed E-state index contributed by atoms with van der Waals surface area (Å²) in [6.07, 6.45) is 2.13. The first kappa shape index (κ1) is 14.6. The van der Waals surface area contributed by atoms with Gasteiger partial charge in [-0.2, -0.15) is 0 Å². The Balaban J connectivity index is 2.00. The summed E-state index contributed by atoms with van der Waals surface area (Å²) >= 11 is 5.91. The lowest BCUT2D eigenvalue weighted by Gasteiger charge is -2.29. The third-order valence-electron chi connectivity index (χ3n) is 3.44. The molecular formula is C15H15ClNO3-. The summed E-state index contributed by atoms with van der Waals surface area (Å²) in [5, 5.41) is 14.4. The number of nitrogens with one attached hydrogen (secondary N) is 1. The number of hydrogen-bond donors (Lipinski definition) is 1. The molecule has 1 amide bonds. The molecule has 0 saturated heterocycles. The lowest BCUT2D eigenvalue weighted by atomic mass is 9.82. The number of hydrogen-bond acceptors (Lipinski definition) is 3. The van der Waals surface area contributed by atoms with E-state index in [9.17, 15) is 14.7 Å². The van der Waals surface area contributed by atoms with Crippen LogP contribution in [0.5, 0.6) is 0 Å². The zero-order valence-electron chi connectivity index (χ0n) is 10.8. The van der Waals surface area contributed by atoms with Crippen LogP contribution in [0.25, 0.3) is 0 Å². The minimum atomic E-state index is -1.20. The zero-order chi connectivity index (χ0) is 14.5. The summed E-state index contributed by atoms with van der Waals surface area (Å²) in [5.41, 5.74) is 0.961. The van der Waals surface area contributed by atoms with Gasteiger partial charge in [-0.25, -0.2) is 0 Å². The molecule has 0 aromatic heterocycles. The van der Waals surface area contributed by atoms with Crippen LogP contribution >= 0.6 is 11.6 Å². The van der Waals surface area contributed by atoms with E-state index in [4.69, 9.17) is 11.6 Å². The predicted octanol–water partition coefficient (Wildman–Crippen LogP) is 1.20. The van der Waals surface area contributed by atoms with Crippen LogP contribution in [-0.4, -0.2) is 11.9 Å². The average molecular weight is 293 g/mol. The number of amides is 1. The molecule has 1 aliphatic rings. The molecule has 0 fully saturated rings. The SMILES string of the molecule is O=C([O-])[C@H]1CC=C(Cl)C[C@@H]1C(=O)NCc1ccccc1. The summed E-state index contributed by atoms with van der Waals surface area (Å²) in [5.74, 6) is -2.98. The average Bonchev–Trinajstić information content (AvgIpc) is 2.45. The number of halogens is 1. The maximum absolute atomic E-state index is 12.1. The number of carboxylic acids is 1. The van der Waals surface area contributed by atoms with Crippen molar-refractivity contribution in [3.8, 4) is 0 Å². The molecule has 0 spiro atoms. The van der Waals surface area contributed by atoms with Crippen LogP contribution in [-0.2, 0) is 16.1 Å². The first-order valence-corrected chi connectivity index (χ1v) is 6.82. The van der Waals surface area contributed by atoms with Crippen molar-refractivity contribution < 1.29 is 14.7 Å². The fourth-order valence-electron chi connectivity index (χ4n) is 2.31. The van der Waals surface area contributed by atoms with Gasteiger partial charge in [0.25, 0.3) is 0 Å². The highest BCUT2D eigenvalue weighted by Crippen LogP contribution is 2.31. The molecule has 1 N–H and O–H groups in total. The normalized spacial score (nSPS) is 21.9. The van der Waals surface area contributed by atoms with Crippen LogP contribution in [0.15, 0.2) is 41.4 Å². The van der Waals surface area contributed by atoms with Crippen molar-refractivity contribution in [3.05, 3.63) is 47.0 Å². The predicted molar refractivity (Wildman–Crippen MR) is 73.4 cm³/mol. The van der Waals surface area contributed by atoms with Crippen LogP contribution in [0.3, 0.4) is 0 Å². The summed E-state index contributed by atoms with van der Waals surface area (Å²) in [7, 11) is 0.